The summed E-state index contributed by atoms with van der Waals surface area (Å²) in [4.78, 5) is 8.38. The highest BCUT2D eigenvalue weighted by Crippen LogP contribution is 2.33. The summed E-state index contributed by atoms with van der Waals surface area (Å²) >= 11 is 0. The molecule has 2 aromatic heterocycles. The van der Waals surface area contributed by atoms with Gasteiger partial charge in [0.05, 0.1) is 32.3 Å². The predicted molar refractivity (Wildman–Crippen MR) is 71.5 cm³/mol. The van der Waals surface area contributed by atoms with Crippen LogP contribution in [-0.2, 0) is 0 Å². The number of rotatable bonds is 3. The van der Waals surface area contributed by atoms with Gasteiger partial charge in [-0.3, -0.25) is 9.38 Å². The maximum atomic E-state index is 5.42. The van der Waals surface area contributed by atoms with Gasteiger partial charge in [0.2, 0.25) is 0 Å². The van der Waals surface area contributed by atoms with Gasteiger partial charge >= 0.3 is 0 Å². The molecule has 0 bridgehead atoms. The third kappa shape index (κ3) is 1.89. The minimum atomic E-state index is 0.748. The molecule has 0 unspecified atom stereocenters. The summed E-state index contributed by atoms with van der Waals surface area (Å²) in [5.74, 6) is 1.51. The fourth-order valence-corrected chi connectivity index (χ4v) is 2.05. The molecule has 2 heterocycles. The smallest absolute Gasteiger partial charge is 0.155 e. The Morgan fingerprint density at radius 2 is 2.00 bits per heavy atom. The largest absolute Gasteiger partial charge is 0.497 e. The van der Waals surface area contributed by atoms with E-state index in [0.717, 1.165) is 28.4 Å². The summed E-state index contributed by atoms with van der Waals surface area (Å²) < 4.78 is 12.6. The highest BCUT2D eigenvalue weighted by molar-refractivity contribution is 5.70. The molecule has 3 aromatic rings. The van der Waals surface area contributed by atoms with Crippen LogP contribution in [0, 0.1) is 0 Å². The highest BCUT2D eigenvalue weighted by atomic mass is 16.5. The van der Waals surface area contributed by atoms with Gasteiger partial charge < -0.3 is 9.47 Å². The van der Waals surface area contributed by atoms with Gasteiger partial charge in [-0.2, -0.15) is 0 Å². The first-order valence-corrected chi connectivity index (χ1v) is 5.83. The zero-order chi connectivity index (χ0) is 13.2. The lowest BCUT2D eigenvalue weighted by molar-refractivity contribution is 0.395. The quantitative estimate of drug-likeness (QED) is 0.721. The molecule has 0 saturated carbocycles. The zero-order valence-electron chi connectivity index (χ0n) is 10.7. The zero-order valence-corrected chi connectivity index (χ0v) is 10.7. The van der Waals surface area contributed by atoms with E-state index in [2.05, 4.69) is 9.97 Å². The topological polar surface area (TPSA) is 48.7 Å². The molecular formula is C14H13N3O2. The fraction of sp³-hybridized carbons (Fsp3) is 0.143. The molecule has 0 radical (unpaired) electrons. The lowest BCUT2D eigenvalue weighted by Gasteiger charge is -2.10. The second-order valence-electron chi connectivity index (χ2n) is 4.01. The number of hydrogen-bond acceptors (Lipinski definition) is 4. The molecule has 0 aliphatic rings. The summed E-state index contributed by atoms with van der Waals surface area (Å²) in [5.41, 5.74) is 2.72. The third-order valence-corrected chi connectivity index (χ3v) is 3.00. The van der Waals surface area contributed by atoms with Crippen LogP contribution in [0.1, 0.15) is 0 Å². The van der Waals surface area contributed by atoms with E-state index in [9.17, 15) is 0 Å². The van der Waals surface area contributed by atoms with E-state index in [1.165, 1.54) is 0 Å². The molecule has 0 spiro atoms. The van der Waals surface area contributed by atoms with Crippen molar-refractivity contribution in [2.75, 3.05) is 14.2 Å². The predicted octanol–water partition coefficient (Wildman–Crippen LogP) is 2.41. The maximum Gasteiger partial charge on any atom is 0.155 e. The van der Waals surface area contributed by atoms with Gasteiger partial charge in [0.25, 0.3) is 0 Å². The van der Waals surface area contributed by atoms with E-state index in [1.807, 2.05) is 28.8 Å². The molecule has 96 valence electrons. The average Bonchev–Trinajstić information content (AvgIpc) is 2.90. The average molecular weight is 255 g/mol. The number of fused-ring (bicyclic) bond motifs is 1. The van der Waals surface area contributed by atoms with Crippen molar-refractivity contribution in [3.05, 3.63) is 43.0 Å². The normalized spacial score (nSPS) is 10.6. The van der Waals surface area contributed by atoms with Gasteiger partial charge in [-0.25, -0.2) is 4.98 Å². The highest BCUT2D eigenvalue weighted by Gasteiger charge is 2.11. The molecule has 0 amide bonds. The summed E-state index contributed by atoms with van der Waals surface area (Å²) in [5, 5.41) is 0. The van der Waals surface area contributed by atoms with E-state index in [4.69, 9.17) is 9.47 Å². The number of hydrogen-bond donors (Lipinski definition) is 0. The first kappa shape index (κ1) is 11.5. The molecule has 19 heavy (non-hydrogen) atoms. The Kier molecular flexibility index (Phi) is 2.79. The summed E-state index contributed by atoms with van der Waals surface area (Å²) in [6.07, 6.45) is 7.14. The molecule has 0 fully saturated rings. The van der Waals surface area contributed by atoms with Crippen LogP contribution >= 0.6 is 0 Å². The molecular weight excluding hydrogens is 242 g/mol. The number of ether oxygens (including phenoxy) is 2. The molecule has 5 heteroatoms. The van der Waals surface area contributed by atoms with Crippen molar-refractivity contribution >= 4 is 5.65 Å². The summed E-state index contributed by atoms with van der Waals surface area (Å²) in [7, 11) is 3.28. The monoisotopic (exact) mass is 255 g/mol. The lowest BCUT2D eigenvalue weighted by Crippen LogP contribution is -1.93. The van der Waals surface area contributed by atoms with Crippen molar-refractivity contribution in [2.24, 2.45) is 0 Å². The minimum Gasteiger partial charge on any atom is -0.497 e. The maximum absolute atomic E-state index is 5.42. The Labute approximate surface area is 110 Å². The van der Waals surface area contributed by atoms with Crippen LogP contribution in [0.3, 0.4) is 0 Å². The molecule has 0 aliphatic heterocycles. The number of benzene rings is 1. The fourth-order valence-electron chi connectivity index (χ4n) is 2.05. The second kappa shape index (κ2) is 4.61. The second-order valence-corrected chi connectivity index (χ2v) is 4.01. The van der Waals surface area contributed by atoms with Gasteiger partial charge in [-0.05, 0) is 12.1 Å². The van der Waals surface area contributed by atoms with Gasteiger partial charge in [-0.1, -0.05) is 0 Å². The lowest BCUT2D eigenvalue weighted by atomic mass is 10.1. The van der Waals surface area contributed by atoms with Crippen LogP contribution < -0.4 is 9.47 Å². The molecule has 0 N–H and O–H groups in total. The van der Waals surface area contributed by atoms with E-state index < -0.39 is 0 Å². The van der Waals surface area contributed by atoms with Crippen molar-refractivity contribution in [1.82, 2.24) is 14.4 Å². The van der Waals surface area contributed by atoms with E-state index in [0.29, 0.717) is 0 Å². The van der Waals surface area contributed by atoms with Gasteiger partial charge in [0, 0.05) is 24.0 Å². The SMILES string of the molecule is COc1ccc(-c2cnc3cnccn23)c(OC)c1. The Balaban J connectivity index is 2.21. The first-order valence-electron chi connectivity index (χ1n) is 5.83. The van der Waals surface area contributed by atoms with E-state index in [1.54, 1.807) is 32.8 Å². The van der Waals surface area contributed by atoms with E-state index in [-0.39, 0.29) is 0 Å². The Morgan fingerprint density at radius 1 is 1.11 bits per heavy atom. The van der Waals surface area contributed by atoms with Crippen molar-refractivity contribution in [1.29, 1.82) is 0 Å². The first-order chi connectivity index (χ1) is 9.33. The Morgan fingerprint density at radius 3 is 2.79 bits per heavy atom. The molecule has 1 aromatic carbocycles. The van der Waals surface area contributed by atoms with Crippen molar-refractivity contribution in [3.8, 4) is 22.8 Å². The van der Waals surface area contributed by atoms with Gasteiger partial charge in [-0.15, -0.1) is 0 Å². The van der Waals surface area contributed by atoms with E-state index >= 15 is 0 Å². The van der Waals surface area contributed by atoms with Crippen LogP contribution in [0.15, 0.2) is 43.0 Å². The standard InChI is InChI=1S/C14H13N3O2/c1-18-10-3-4-11(13(7-10)19-2)12-8-16-14-9-15-5-6-17(12)14/h3-9H,1-2H3. The van der Waals surface area contributed by atoms with Crippen LogP contribution in [0.25, 0.3) is 16.9 Å². The van der Waals surface area contributed by atoms with Crippen LogP contribution in [0.5, 0.6) is 11.5 Å². The number of methoxy groups -OCH3 is 2. The van der Waals surface area contributed by atoms with Crippen LogP contribution in [0.4, 0.5) is 0 Å². The summed E-state index contributed by atoms with van der Waals surface area (Å²) in [6.45, 7) is 0. The third-order valence-electron chi connectivity index (χ3n) is 3.00. The van der Waals surface area contributed by atoms with Crippen molar-refractivity contribution < 1.29 is 9.47 Å². The Bertz CT molecular complexity index is 722. The van der Waals surface area contributed by atoms with Crippen LogP contribution in [-0.4, -0.2) is 28.6 Å². The molecule has 5 nitrogen and oxygen atoms in total. The van der Waals surface area contributed by atoms with Gasteiger partial charge in [0.15, 0.2) is 5.65 Å². The molecule has 0 saturated heterocycles. The minimum absolute atomic E-state index is 0.748. The molecule has 0 atom stereocenters. The number of nitrogens with zero attached hydrogens (tertiary/aromatic N) is 3. The van der Waals surface area contributed by atoms with Crippen molar-refractivity contribution in [2.45, 2.75) is 0 Å². The van der Waals surface area contributed by atoms with Crippen molar-refractivity contribution in [3.63, 3.8) is 0 Å². The van der Waals surface area contributed by atoms with Gasteiger partial charge in [0.1, 0.15) is 11.5 Å². The molecule has 0 aliphatic carbocycles. The summed E-state index contributed by atoms with van der Waals surface area (Å²) in [6, 6.07) is 5.72. The Hall–Kier alpha value is -2.56. The molecule has 3 rings (SSSR count). The number of imidazole rings is 1. The number of aromatic nitrogens is 3. The van der Waals surface area contributed by atoms with Crippen LogP contribution in [0.2, 0.25) is 0 Å².